The maximum absolute atomic E-state index is 11.2. The van der Waals surface area contributed by atoms with Gasteiger partial charge >= 0.3 is 5.97 Å². The van der Waals surface area contributed by atoms with Crippen molar-refractivity contribution in [2.45, 2.75) is 0 Å². The summed E-state index contributed by atoms with van der Waals surface area (Å²) in [6, 6.07) is 1.93. The Kier molecular flexibility index (Phi) is 2.88. The van der Waals surface area contributed by atoms with E-state index in [-0.39, 0.29) is 0 Å². The average Bonchev–Trinajstić information content (AvgIpc) is 2.84. The van der Waals surface area contributed by atoms with Crippen molar-refractivity contribution < 1.29 is 9.53 Å². The molecule has 15 heavy (non-hydrogen) atoms. The second-order valence-corrected chi connectivity index (χ2v) is 4.51. The quantitative estimate of drug-likeness (QED) is 0.864. The van der Waals surface area contributed by atoms with E-state index in [0.29, 0.717) is 11.5 Å². The van der Waals surface area contributed by atoms with E-state index in [1.165, 1.54) is 13.3 Å². The molecule has 2 rings (SSSR count). The highest BCUT2D eigenvalue weighted by Gasteiger charge is 2.12. The summed E-state index contributed by atoms with van der Waals surface area (Å²) in [6.45, 7) is 0. The molecule has 2 aromatic heterocycles. The predicted molar refractivity (Wildman–Crippen MR) is 60.9 cm³/mol. The van der Waals surface area contributed by atoms with Crippen molar-refractivity contribution in [3.8, 4) is 10.7 Å². The number of aromatic nitrogens is 2. The maximum atomic E-state index is 11.2. The highest BCUT2D eigenvalue weighted by Crippen LogP contribution is 2.31. The third-order valence-corrected chi connectivity index (χ3v) is 3.66. The van der Waals surface area contributed by atoms with Crippen molar-refractivity contribution >= 4 is 33.2 Å². The summed E-state index contributed by atoms with van der Waals surface area (Å²) < 4.78 is 5.54. The van der Waals surface area contributed by atoms with Crippen LogP contribution in [0.25, 0.3) is 10.7 Å². The minimum absolute atomic E-state index is 0.354. The lowest BCUT2D eigenvalue weighted by Crippen LogP contribution is -2.00. The van der Waals surface area contributed by atoms with Crippen LogP contribution in [0.3, 0.4) is 0 Å². The van der Waals surface area contributed by atoms with Crippen LogP contribution in [0, 0.1) is 0 Å². The molecule has 0 amide bonds. The normalized spacial score (nSPS) is 10.3. The highest BCUT2D eigenvalue weighted by atomic mass is 79.9. The molecule has 0 saturated heterocycles. The lowest BCUT2D eigenvalue weighted by molar-refractivity contribution is 0.0595. The number of carbonyl (C=O) groups is 1. The minimum atomic E-state index is -0.415. The Hall–Kier alpha value is -1.14. The van der Waals surface area contributed by atoms with E-state index >= 15 is 0 Å². The number of nitrogens with one attached hydrogen (secondary N) is 1. The van der Waals surface area contributed by atoms with E-state index < -0.39 is 5.97 Å². The highest BCUT2D eigenvalue weighted by molar-refractivity contribution is 9.10. The van der Waals surface area contributed by atoms with Gasteiger partial charge in [0, 0.05) is 4.47 Å². The molecule has 0 saturated carbocycles. The molecule has 0 aliphatic carbocycles. The lowest BCUT2D eigenvalue weighted by atomic mass is 10.4. The first kappa shape index (κ1) is 10.4. The molecule has 4 nitrogen and oxygen atoms in total. The summed E-state index contributed by atoms with van der Waals surface area (Å²) in [7, 11) is 1.34. The summed E-state index contributed by atoms with van der Waals surface area (Å²) in [4.78, 5) is 19.2. The number of carbonyl (C=O) groups excluding carboxylic acids is 1. The van der Waals surface area contributed by atoms with Gasteiger partial charge in [-0.15, -0.1) is 11.3 Å². The molecular formula is C9H7BrN2O2S. The molecule has 0 aromatic carbocycles. The topological polar surface area (TPSA) is 55.0 Å². The molecule has 0 atom stereocenters. The molecule has 1 N–H and O–H groups in total. The summed E-state index contributed by atoms with van der Waals surface area (Å²) >= 11 is 4.94. The van der Waals surface area contributed by atoms with Crippen molar-refractivity contribution in [2.24, 2.45) is 0 Å². The van der Waals surface area contributed by atoms with Crippen LogP contribution in [0.5, 0.6) is 0 Å². The molecule has 0 unspecified atom stereocenters. The van der Waals surface area contributed by atoms with E-state index in [0.717, 1.165) is 9.35 Å². The van der Waals surface area contributed by atoms with Crippen molar-refractivity contribution in [2.75, 3.05) is 7.11 Å². The fourth-order valence-electron chi connectivity index (χ4n) is 1.11. The van der Waals surface area contributed by atoms with Gasteiger partial charge in [-0.3, -0.25) is 0 Å². The number of H-pyrrole nitrogens is 1. The summed E-state index contributed by atoms with van der Waals surface area (Å²) in [5, 5.41) is 1.94. The molecule has 0 fully saturated rings. The van der Waals surface area contributed by atoms with E-state index in [2.05, 4.69) is 30.6 Å². The molecule has 6 heteroatoms. The van der Waals surface area contributed by atoms with Gasteiger partial charge in [-0.1, -0.05) is 0 Å². The van der Waals surface area contributed by atoms with Crippen LogP contribution in [-0.4, -0.2) is 23.0 Å². The molecular weight excluding hydrogens is 280 g/mol. The number of hydrogen-bond donors (Lipinski definition) is 1. The SMILES string of the molecule is COC(=O)c1cnc(-c2sccc2Br)[nH]1. The molecule has 2 heterocycles. The largest absolute Gasteiger partial charge is 0.464 e. The van der Waals surface area contributed by atoms with E-state index in [4.69, 9.17) is 0 Å². The second kappa shape index (κ2) is 4.16. The van der Waals surface area contributed by atoms with Crippen LogP contribution in [-0.2, 0) is 4.74 Å². The fraction of sp³-hybridized carbons (Fsp3) is 0.111. The van der Waals surface area contributed by atoms with Crippen LogP contribution in [0.1, 0.15) is 10.5 Å². The molecule has 0 aliphatic heterocycles. The van der Waals surface area contributed by atoms with Crippen LogP contribution in [0.15, 0.2) is 22.1 Å². The van der Waals surface area contributed by atoms with Gasteiger partial charge in [0.15, 0.2) is 0 Å². The van der Waals surface area contributed by atoms with Gasteiger partial charge in [0.05, 0.1) is 18.2 Å². The smallest absolute Gasteiger partial charge is 0.356 e. The Morgan fingerprint density at radius 1 is 1.67 bits per heavy atom. The molecule has 78 valence electrons. The van der Waals surface area contributed by atoms with Gasteiger partial charge in [-0.25, -0.2) is 9.78 Å². The van der Waals surface area contributed by atoms with Crippen LogP contribution in [0.2, 0.25) is 0 Å². The Balaban J connectivity index is 2.36. The summed E-state index contributed by atoms with van der Waals surface area (Å²) in [5.41, 5.74) is 0.354. The van der Waals surface area contributed by atoms with Crippen LogP contribution < -0.4 is 0 Å². The number of esters is 1. The zero-order valence-corrected chi connectivity index (χ0v) is 10.2. The molecule has 0 aliphatic rings. The van der Waals surface area contributed by atoms with Crippen LogP contribution in [0.4, 0.5) is 0 Å². The second-order valence-electron chi connectivity index (χ2n) is 2.73. The number of imidazole rings is 1. The van der Waals surface area contributed by atoms with E-state index in [1.54, 1.807) is 11.3 Å². The number of halogens is 1. The van der Waals surface area contributed by atoms with Crippen molar-refractivity contribution in [3.63, 3.8) is 0 Å². The third kappa shape index (κ3) is 1.95. The Labute approximate surface area is 98.4 Å². The number of aromatic amines is 1. The third-order valence-electron chi connectivity index (χ3n) is 1.81. The van der Waals surface area contributed by atoms with E-state index in [9.17, 15) is 4.79 Å². The number of thiophene rings is 1. The number of rotatable bonds is 2. The number of ether oxygens (including phenoxy) is 1. The van der Waals surface area contributed by atoms with Crippen molar-refractivity contribution in [3.05, 3.63) is 27.8 Å². The summed E-state index contributed by atoms with van der Waals surface area (Å²) in [5.74, 6) is 0.249. The van der Waals surface area contributed by atoms with Gasteiger partial charge in [0.25, 0.3) is 0 Å². The average molecular weight is 287 g/mol. The van der Waals surface area contributed by atoms with Crippen molar-refractivity contribution in [1.29, 1.82) is 0 Å². The molecule has 0 bridgehead atoms. The Morgan fingerprint density at radius 2 is 2.47 bits per heavy atom. The van der Waals surface area contributed by atoms with Gasteiger partial charge in [-0.2, -0.15) is 0 Å². The lowest BCUT2D eigenvalue weighted by Gasteiger charge is -1.94. The number of hydrogen-bond acceptors (Lipinski definition) is 4. The first-order valence-corrected chi connectivity index (χ1v) is 5.76. The molecule has 2 aromatic rings. The van der Waals surface area contributed by atoms with Gasteiger partial charge in [-0.05, 0) is 27.4 Å². The molecule has 0 spiro atoms. The first-order valence-electron chi connectivity index (χ1n) is 4.09. The zero-order chi connectivity index (χ0) is 10.8. The van der Waals surface area contributed by atoms with E-state index in [1.807, 2.05) is 11.4 Å². The number of nitrogens with zero attached hydrogens (tertiary/aromatic N) is 1. The minimum Gasteiger partial charge on any atom is -0.464 e. The Bertz CT molecular complexity index is 492. The Morgan fingerprint density at radius 3 is 3.07 bits per heavy atom. The fourth-order valence-corrected chi connectivity index (χ4v) is 2.62. The van der Waals surface area contributed by atoms with Gasteiger partial charge < -0.3 is 9.72 Å². The first-order chi connectivity index (χ1) is 7.22. The predicted octanol–water partition coefficient (Wildman–Crippen LogP) is 2.69. The molecule has 0 radical (unpaired) electrons. The van der Waals surface area contributed by atoms with Gasteiger partial charge in [0.1, 0.15) is 11.5 Å². The maximum Gasteiger partial charge on any atom is 0.356 e. The van der Waals surface area contributed by atoms with Crippen LogP contribution >= 0.6 is 27.3 Å². The number of methoxy groups -OCH3 is 1. The standard InChI is InChI=1S/C9H7BrN2O2S/c1-14-9(13)6-4-11-8(12-6)7-5(10)2-3-15-7/h2-4H,1H3,(H,11,12). The van der Waals surface area contributed by atoms with Gasteiger partial charge in [0.2, 0.25) is 0 Å². The summed E-state index contributed by atoms with van der Waals surface area (Å²) in [6.07, 6.45) is 1.47. The monoisotopic (exact) mass is 286 g/mol. The zero-order valence-electron chi connectivity index (χ0n) is 7.78. The van der Waals surface area contributed by atoms with Crippen molar-refractivity contribution in [1.82, 2.24) is 9.97 Å².